The minimum atomic E-state index is -0.688. The first-order valence-electron chi connectivity index (χ1n) is 9.37. The van der Waals surface area contributed by atoms with Crippen molar-refractivity contribution < 1.29 is 4.79 Å². The summed E-state index contributed by atoms with van der Waals surface area (Å²) in [5.41, 5.74) is 4.70. The highest BCUT2D eigenvalue weighted by molar-refractivity contribution is 7.17. The van der Waals surface area contributed by atoms with Gasteiger partial charge in [-0.3, -0.25) is 14.2 Å². The van der Waals surface area contributed by atoms with Crippen LogP contribution in [0, 0.1) is 13.8 Å². The van der Waals surface area contributed by atoms with E-state index in [0.717, 1.165) is 11.1 Å². The normalized spacial score (nSPS) is 12.1. The average molecular weight is 404 g/mol. The number of rotatable bonds is 4. The minimum absolute atomic E-state index is 0.208. The number of hydrogen-bond donors (Lipinski definition) is 1. The van der Waals surface area contributed by atoms with E-state index in [-0.39, 0.29) is 11.5 Å². The Kier molecular flexibility index (Phi) is 5.03. The van der Waals surface area contributed by atoms with Gasteiger partial charge in [-0.25, -0.2) is 4.98 Å². The van der Waals surface area contributed by atoms with Crippen LogP contribution < -0.4 is 10.9 Å². The molecule has 0 radical (unpaired) electrons. The van der Waals surface area contributed by atoms with Crippen LogP contribution in [0.15, 0.2) is 65.0 Å². The summed E-state index contributed by atoms with van der Waals surface area (Å²) in [5, 5.41) is 5.36. The molecule has 2 aromatic heterocycles. The zero-order chi connectivity index (χ0) is 20.5. The van der Waals surface area contributed by atoms with Crippen molar-refractivity contribution in [2.45, 2.75) is 26.8 Å². The quantitative estimate of drug-likeness (QED) is 0.525. The van der Waals surface area contributed by atoms with Crippen LogP contribution >= 0.6 is 11.3 Å². The molecule has 6 heteroatoms. The summed E-state index contributed by atoms with van der Waals surface area (Å²) in [4.78, 5) is 31.1. The maximum Gasteiger partial charge on any atom is 0.263 e. The van der Waals surface area contributed by atoms with Crippen molar-refractivity contribution >= 4 is 33.1 Å². The van der Waals surface area contributed by atoms with Crippen LogP contribution in [0.25, 0.3) is 21.3 Å². The van der Waals surface area contributed by atoms with Crippen LogP contribution in [-0.4, -0.2) is 15.5 Å². The molecule has 4 rings (SSSR count). The Balaban J connectivity index is 1.74. The molecule has 5 nitrogen and oxygen atoms in total. The first kappa shape index (κ1) is 19.1. The number of carbonyl (C=O) groups excluding carboxylic acids is 1. The minimum Gasteiger partial charge on any atom is -0.324 e. The number of benzene rings is 2. The Labute approximate surface area is 172 Å². The van der Waals surface area contributed by atoms with Gasteiger partial charge in [-0.15, -0.1) is 11.3 Å². The maximum absolute atomic E-state index is 13.3. The van der Waals surface area contributed by atoms with Crippen molar-refractivity contribution in [1.29, 1.82) is 0 Å². The van der Waals surface area contributed by atoms with Gasteiger partial charge in [-0.05, 0) is 49.6 Å². The molecule has 4 aromatic rings. The molecule has 1 N–H and O–H groups in total. The molecule has 146 valence electrons. The number of nitrogens with one attached hydrogen (secondary N) is 1. The second-order valence-electron chi connectivity index (χ2n) is 7.12. The second kappa shape index (κ2) is 7.64. The van der Waals surface area contributed by atoms with Gasteiger partial charge in [0.15, 0.2) is 0 Å². The molecule has 0 bridgehead atoms. The lowest BCUT2D eigenvalue weighted by molar-refractivity contribution is -0.118. The summed E-state index contributed by atoms with van der Waals surface area (Å²) in [6, 6.07) is 14.7. The lowest BCUT2D eigenvalue weighted by Crippen LogP contribution is -2.31. The van der Waals surface area contributed by atoms with Crippen molar-refractivity contribution in [2.75, 3.05) is 5.32 Å². The molecule has 0 spiro atoms. The maximum atomic E-state index is 13.3. The number of aromatic nitrogens is 2. The number of thiophene rings is 1. The summed E-state index contributed by atoms with van der Waals surface area (Å²) in [6.45, 7) is 5.82. The number of anilines is 1. The lowest BCUT2D eigenvalue weighted by Gasteiger charge is -2.15. The molecule has 2 aromatic carbocycles. The molecule has 1 atom stereocenters. The van der Waals surface area contributed by atoms with Crippen LogP contribution in [0.4, 0.5) is 5.69 Å². The van der Waals surface area contributed by atoms with E-state index < -0.39 is 6.04 Å². The van der Waals surface area contributed by atoms with Gasteiger partial charge in [-0.2, -0.15) is 0 Å². The fraction of sp³-hybridized carbons (Fsp3) is 0.174. The van der Waals surface area contributed by atoms with Crippen LogP contribution in [0.2, 0.25) is 0 Å². The van der Waals surface area contributed by atoms with Gasteiger partial charge in [0.05, 0.1) is 11.7 Å². The second-order valence-corrected chi connectivity index (χ2v) is 7.97. The van der Waals surface area contributed by atoms with Gasteiger partial charge in [0, 0.05) is 16.6 Å². The highest BCUT2D eigenvalue weighted by Gasteiger charge is 2.20. The van der Waals surface area contributed by atoms with Crippen molar-refractivity contribution in [3.8, 4) is 11.1 Å². The van der Waals surface area contributed by atoms with E-state index in [2.05, 4.69) is 36.3 Å². The zero-order valence-corrected chi connectivity index (χ0v) is 17.3. The predicted molar refractivity (Wildman–Crippen MR) is 119 cm³/mol. The Morgan fingerprint density at radius 3 is 2.59 bits per heavy atom. The van der Waals surface area contributed by atoms with Crippen LogP contribution in [-0.2, 0) is 4.79 Å². The van der Waals surface area contributed by atoms with E-state index >= 15 is 0 Å². The Bertz CT molecular complexity index is 1260. The van der Waals surface area contributed by atoms with Gasteiger partial charge >= 0.3 is 0 Å². The molecule has 0 saturated heterocycles. The third-order valence-corrected chi connectivity index (χ3v) is 6.06. The number of carbonyl (C=O) groups is 1. The molecule has 0 aliphatic rings. The third-order valence-electron chi connectivity index (χ3n) is 5.18. The molecular formula is C23H21N3O2S. The Morgan fingerprint density at radius 1 is 1.10 bits per heavy atom. The zero-order valence-electron chi connectivity index (χ0n) is 16.5. The summed E-state index contributed by atoms with van der Waals surface area (Å²) < 4.78 is 1.40. The van der Waals surface area contributed by atoms with Crippen molar-refractivity contribution in [3.63, 3.8) is 0 Å². The van der Waals surface area contributed by atoms with Gasteiger partial charge in [0.1, 0.15) is 10.9 Å². The fourth-order valence-electron chi connectivity index (χ4n) is 3.24. The van der Waals surface area contributed by atoms with E-state index in [1.165, 1.54) is 33.4 Å². The molecule has 0 unspecified atom stereocenters. The molecule has 29 heavy (non-hydrogen) atoms. The number of amides is 1. The molecule has 1 amide bonds. The van der Waals surface area contributed by atoms with Crippen molar-refractivity contribution in [2.24, 2.45) is 0 Å². The van der Waals surface area contributed by atoms with Crippen LogP contribution in [0.3, 0.4) is 0 Å². The van der Waals surface area contributed by atoms with Gasteiger partial charge in [0.25, 0.3) is 5.56 Å². The number of fused-ring (bicyclic) bond motifs is 1. The highest BCUT2D eigenvalue weighted by Crippen LogP contribution is 2.32. The van der Waals surface area contributed by atoms with Crippen LogP contribution in [0.1, 0.15) is 24.1 Å². The summed E-state index contributed by atoms with van der Waals surface area (Å²) >= 11 is 1.44. The topological polar surface area (TPSA) is 64.0 Å². The van der Waals surface area contributed by atoms with Crippen LogP contribution in [0.5, 0.6) is 0 Å². The third kappa shape index (κ3) is 3.59. The highest BCUT2D eigenvalue weighted by atomic mass is 32.1. The lowest BCUT2D eigenvalue weighted by atomic mass is 10.0. The summed E-state index contributed by atoms with van der Waals surface area (Å²) in [7, 11) is 0. The SMILES string of the molecule is Cc1ccc(-c2csc3ncn([C@@H](C)C(=O)Nc4ccccc4)c(=O)c23)cc1C. The molecule has 0 saturated carbocycles. The standard InChI is InChI=1S/C23H21N3O2S/c1-14-9-10-17(11-15(14)2)19-12-29-22-20(19)23(28)26(13-24-22)16(3)21(27)25-18-7-5-4-6-8-18/h4-13,16H,1-3H3,(H,25,27)/t16-/m0/s1. The van der Waals surface area contributed by atoms with Gasteiger partial charge in [-0.1, -0.05) is 36.4 Å². The van der Waals surface area contributed by atoms with Crippen molar-refractivity contribution in [1.82, 2.24) is 9.55 Å². The smallest absolute Gasteiger partial charge is 0.263 e. The fourth-order valence-corrected chi connectivity index (χ4v) is 4.14. The number of nitrogens with zero attached hydrogens (tertiary/aromatic N) is 2. The Hall–Kier alpha value is -3.25. The molecule has 0 aliphatic carbocycles. The Morgan fingerprint density at radius 2 is 1.86 bits per heavy atom. The largest absolute Gasteiger partial charge is 0.324 e. The average Bonchev–Trinajstić information content (AvgIpc) is 3.16. The van der Waals surface area contributed by atoms with E-state index in [0.29, 0.717) is 15.9 Å². The summed E-state index contributed by atoms with van der Waals surface area (Å²) in [6.07, 6.45) is 1.46. The van der Waals surface area contributed by atoms with E-state index in [9.17, 15) is 9.59 Å². The first-order chi connectivity index (χ1) is 14.0. The molecule has 0 fully saturated rings. The monoisotopic (exact) mass is 403 g/mol. The van der Waals surface area contributed by atoms with E-state index in [4.69, 9.17) is 0 Å². The molecule has 2 heterocycles. The number of hydrogen-bond acceptors (Lipinski definition) is 4. The number of para-hydroxylation sites is 1. The van der Waals surface area contributed by atoms with Crippen molar-refractivity contribution in [3.05, 3.63) is 81.7 Å². The summed E-state index contributed by atoms with van der Waals surface area (Å²) in [5.74, 6) is -0.262. The van der Waals surface area contributed by atoms with E-state index in [1.54, 1.807) is 6.92 Å². The van der Waals surface area contributed by atoms with E-state index in [1.807, 2.05) is 41.8 Å². The van der Waals surface area contributed by atoms with Gasteiger partial charge < -0.3 is 5.32 Å². The molecule has 0 aliphatic heterocycles. The molecular weight excluding hydrogens is 382 g/mol. The predicted octanol–water partition coefficient (Wildman–Crippen LogP) is 4.94. The number of aryl methyl sites for hydroxylation is 2. The first-order valence-corrected chi connectivity index (χ1v) is 10.3. The van der Waals surface area contributed by atoms with Gasteiger partial charge in [0.2, 0.25) is 5.91 Å².